The SMILES string of the molecule is CC(CN1CCCCC1)NCC(=O)Nc1ccccc1Br. The number of carbonyl (C=O) groups is 1. The highest BCUT2D eigenvalue weighted by Gasteiger charge is 2.14. The monoisotopic (exact) mass is 353 g/mol. The molecule has 0 bridgehead atoms. The largest absolute Gasteiger partial charge is 0.324 e. The summed E-state index contributed by atoms with van der Waals surface area (Å²) in [4.78, 5) is 14.4. The summed E-state index contributed by atoms with van der Waals surface area (Å²) in [6.45, 7) is 5.88. The molecule has 2 N–H and O–H groups in total. The highest BCUT2D eigenvalue weighted by molar-refractivity contribution is 9.10. The predicted octanol–water partition coefficient (Wildman–Crippen LogP) is 2.85. The van der Waals surface area contributed by atoms with Gasteiger partial charge in [-0.05, 0) is 60.9 Å². The van der Waals surface area contributed by atoms with E-state index < -0.39 is 0 Å². The zero-order chi connectivity index (χ0) is 15.1. The summed E-state index contributed by atoms with van der Waals surface area (Å²) < 4.78 is 0.903. The van der Waals surface area contributed by atoms with Gasteiger partial charge in [-0.3, -0.25) is 4.79 Å². The number of amides is 1. The van der Waals surface area contributed by atoms with Gasteiger partial charge < -0.3 is 15.5 Å². The van der Waals surface area contributed by atoms with Gasteiger partial charge in [0.15, 0.2) is 0 Å². The van der Waals surface area contributed by atoms with E-state index in [9.17, 15) is 4.79 Å². The van der Waals surface area contributed by atoms with Crippen LogP contribution in [-0.2, 0) is 4.79 Å². The van der Waals surface area contributed by atoms with Crippen molar-refractivity contribution < 1.29 is 4.79 Å². The topological polar surface area (TPSA) is 44.4 Å². The molecule has 1 aliphatic heterocycles. The number of para-hydroxylation sites is 1. The van der Waals surface area contributed by atoms with Crippen LogP contribution in [0.4, 0.5) is 5.69 Å². The average Bonchev–Trinajstić information content (AvgIpc) is 2.49. The Morgan fingerprint density at radius 2 is 2.00 bits per heavy atom. The lowest BCUT2D eigenvalue weighted by atomic mass is 10.1. The summed E-state index contributed by atoms with van der Waals surface area (Å²) >= 11 is 3.43. The molecule has 2 rings (SSSR count). The second kappa shape index (κ2) is 8.51. The summed E-state index contributed by atoms with van der Waals surface area (Å²) in [5.41, 5.74) is 0.813. The minimum atomic E-state index is -0.00704. The third kappa shape index (κ3) is 5.77. The van der Waals surface area contributed by atoms with Crippen LogP contribution < -0.4 is 10.6 Å². The first-order valence-electron chi connectivity index (χ1n) is 7.65. The highest BCUT2D eigenvalue weighted by Crippen LogP contribution is 2.20. The molecule has 1 atom stereocenters. The van der Waals surface area contributed by atoms with E-state index in [2.05, 4.69) is 38.4 Å². The Balaban J connectivity index is 1.69. The summed E-state index contributed by atoms with van der Waals surface area (Å²) in [6.07, 6.45) is 3.96. The third-order valence-electron chi connectivity index (χ3n) is 3.74. The molecule has 0 saturated carbocycles. The highest BCUT2D eigenvalue weighted by atomic mass is 79.9. The lowest BCUT2D eigenvalue weighted by Gasteiger charge is -2.29. The van der Waals surface area contributed by atoms with Gasteiger partial charge in [-0.25, -0.2) is 0 Å². The van der Waals surface area contributed by atoms with Gasteiger partial charge in [-0.15, -0.1) is 0 Å². The van der Waals surface area contributed by atoms with Crippen LogP contribution in [0, 0.1) is 0 Å². The fourth-order valence-corrected chi connectivity index (χ4v) is 3.00. The Morgan fingerprint density at radius 3 is 2.71 bits per heavy atom. The van der Waals surface area contributed by atoms with Crippen molar-refractivity contribution in [2.45, 2.75) is 32.2 Å². The normalized spacial score (nSPS) is 17.4. The van der Waals surface area contributed by atoms with Crippen molar-refractivity contribution in [3.63, 3.8) is 0 Å². The molecule has 1 aromatic carbocycles. The van der Waals surface area contributed by atoms with Crippen molar-refractivity contribution in [1.29, 1.82) is 0 Å². The molecule has 21 heavy (non-hydrogen) atoms. The molecule has 1 aliphatic rings. The Morgan fingerprint density at radius 1 is 1.29 bits per heavy atom. The van der Waals surface area contributed by atoms with E-state index in [-0.39, 0.29) is 5.91 Å². The second-order valence-electron chi connectivity index (χ2n) is 5.67. The number of nitrogens with zero attached hydrogens (tertiary/aromatic N) is 1. The van der Waals surface area contributed by atoms with Crippen molar-refractivity contribution in [2.24, 2.45) is 0 Å². The quantitative estimate of drug-likeness (QED) is 0.826. The zero-order valence-electron chi connectivity index (χ0n) is 12.6. The number of likely N-dealkylation sites (tertiary alicyclic amines) is 1. The molecule has 0 aliphatic carbocycles. The Bertz CT molecular complexity index is 461. The van der Waals surface area contributed by atoms with E-state index in [1.54, 1.807) is 0 Å². The van der Waals surface area contributed by atoms with E-state index in [1.807, 2.05) is 24.3 Å². The van der Waals surface area contributed by atoms with Gasteiger partial charge in [0, 0.05) is 17.1 Å². The number of hydrogen-bond acceptors (Lipinski definition) is 3. The third-order valence-corrected chi connectivity index (χ3v) is 4.43. The maximum absolute atomic E-state index is 12.0. The maximum Gasteiger partial charge on any atom is 0.238 e. The first-order valence-corrected chi connectivity index (χ1v) is 8.44. The smallest absolute Gasteiger partial charge is 0.238 e. The standard InChI is InChI=1S/C16H24BrN3O/c1-13(12-20-9-5-2-6-10-20)18-11-16(21)19-15-8-4-3-7-14(15)17/h3-4,7-8,13,18H,2,5-6,9-12H2,1H3,(H,19,21). The molecule has 1 fully saturated rings. The molecule has 116 valence electrons. The Labute approximate surface area is 135 Å². The first kappa shape index (κ1) is 16.5. The Kier molecular flexibility index (Phi) is 6.67. The summed E-state index contributed by atoms with van der Waals surface area (Å²) in [5, 5.41) is 6.21. The average molecular weight is 354 g/mol. The number of halogens is 1. The van der Waals surface area contributed by atoms with Crippen LogP contribution in [0.3, 0.4) is 0 Å². The van der Waals surface area contributed by atoms with Gasteiger partial charge in [0.05, 0.1) is 12.2 Å². The predicted molar refractivity (Wildman–Crippen MR) is 90.5 cm³/mol. The van der Waals surface area contributed by atoms with Crippen molar-refractivity contribution in [3.8, 4) is 0 Å². The molecule has 4 nitrogen and oxygen atoms in total. The first-order chi connectivity index (χ1) is 10.1. The van der Waals surface area contributed by atoms with Crippen molar-refractivity contribution in [3.05, 3.63) is 28.7 Å². The van der Waals surface area contributed by atoms with Crippen LogP contribution >= 0.6 is 15.9 Å². The number of anilines is 1. The molecule has 1 heterocycles. The second-order valence-corrected chi connectivity index (χ2v) is 6.53. The van der Waals surface area contributed by atoms with Gasteiger partial charge >= 0.3 is 0 Å². The molecule has 0 aromatic heterocycles. The molecule has 1 aromatic rings. The van der Waals surface area contributed by atoms with Gasteiger partial charge in [0.25, 0.3) is 0 Å². The Hall–Kier alpha value is -0.910. The molecular weight excluding hydrogens is 330 g/mol. The number of piperidine rings is 1. The zero-order valence-corrected chi connectivity index (χ0v) is 14.2. The van der Waals surface area contributed by atoms with Crippen molar-refractivity contribution in [1.82, 2.24) is 10.2 Å². The van der Waals surface area contributed by atoms with E-state index in [1.165, 1.54) is 32.4 Å². The minimum absolute atomic E-state index is 0.00704. The van der Waals surface area contributed by atoms with Crippen LogP contribution in [0.1, 0.15) is 26.2 Å². The summed E-state index contributed by atoms with van der Waals surface area (Å²) in [5.74, 6) is -0.00704. The van der Waals surface area contributed by atoms with Crippen LogP contribution in [-0.4, -0.2) is 43.0 Å². The fourth-order valence-electron chi connectivity index (χ4n) is 2.62. The summed E-state index contributed by atoms with van der Waals surface area (Å²) in [7, 11) is 0. The van der Waals surface area contributed by atoms with Crippen LogP contribution in [0.25, 0.3) is 0 Å². The molecule has 0 spiro atoms. The van der Waals surface area contributed by atoms with Crippen LogP contribution in [0.2, 0.25) is 0 Å². The van der Waals surface area contributed by atoms with E-state index in [0.29, 0.717) is 12.6 Å². The number of nitrogens with one attached hydrogen (secondary N) is 2. The number of benzene rings is 1. The van der Waals surface area contributed by atoms with Crippen LogP contribution in [0.5, 0.6) is 0 Å². The van der Waals surface area contributed by atoms with Gasteiger partial charge in [-0.2, -0.15) is 0 Å². The number of carbonyl (C=O) groups excluding carboxylic acids is 1. The van der Waals surface area contributed by atoms with Crippen molar-refractivity contribution >= 4 is 27.5 Å². The molecule has 5 heteroatoms. The van der Waals surface area contributed by atoms with Gasteiger partial charge in [0.1, 0.15) is 0 Å². The maximum atomic E-state index is 12.0. The van der Waals surface area contributed by atoms with E-state index in [4.69, 9.17) is 0 Å². The number of hydrogen-bond donors (Lipinski definition) is 2. The molecule has 1 unspecified atom stereocenters. The molecular formula is C16H24BrN3O. The van der Waals surface area contributed by atoms with Crippen LogP contribution in [0.15, 0.2) is 28.7 Å². The lowest BCUT2D eigenvalue weighted by Crippen LogP contribution is -2.43. The fraction of sp³-hybridized carbons (Fsp3) is 0.562. The van der Waals surface area contributed by atoms with E-state index >= 15 is 0 Å². The minimum Gasteiger partial charge on any atom is -0.324 e. The van der Waals surface area contributed by atoms with E-state index in [0.717, 1.165) is 16.7 Å². The molecule has 1 amide bonds. The lowest BCUT2D eigenvalue weighted by molar-refractivity contribution is -0.115. The van der Waals surface area contributed by atoms with Gasteiger partial charge in [-0.1, -0.05) is 18.6 Å². The number of rotatable bonds is 6. The molecule has 0 radical (unpaired) electrons. The van der Waals surface area contributed by atoms with Gasteiger partial charge in [0.2, 0.25) is 5.91 Å². The molecule has 1 saturated heterocycles. The summed E-state index contributed by atoms with van der Waals surface area (Å²) in [6, 6.07) is 7.97. The van der Waals surface area contributed by atoms with Crippen molar-refractivity contribution in [2.75, 3.05) is 31.5 Å².